The third-order valence-corrected chi connectivity index (χ3v) is 4.70. The van der Waals surface area contributed by atoms with Gasteiger partial charge in [-0.1, -0.05) is 0 Å². The van der Waals surface area contributed by atoms with Crippen molar-refractivity contribution in [1.29, 1.82) is 0 Å². The van der Waals surface area contributed by atoms with E-state index >= 15 is 0 Å². The Bertz CT molecular complexity index is 616. The number of primary sulfonamides is 1. The SMILES string of the molecule is Cc1c(NC(C)(C)C(C)(C)O)cc(N)cc1S(N)(=O)=O. The van der Waals surface area contributed by atoms with Crippen molar-refractivity contribution < 1.29 is 13.5 Å². The first-order valence-corrected chi connectivity index (χ1v) is 7.74. The monoisotopic (exact) mass is 301 g/mol. The number of anilines is 2. The summed E-state index contributed by atoms with van der Waals surface area (Å²) in [5, 5.41) is 18.5. The first-order chi connectivity index (χ1) is 8.75. The van der Waals surface area contributed by atoms with Crippen molar-refractivity contribution >= 4 is 21.4 Å². The van der Waals surface area contributed by atoms with E-state index in [4.69, 9.17) is 10.9 Å². The molecular formula is C13H23N3O3S. The van der Waals surface area contributed by atoms with Gasteiger partial charge in [0.25, 0.3) is 0 Å². The Balaban J connectivity index is 3.39. The van der Waals surface area contributed by atoms with Crippen LogP contribution in [0, 0.1) is 6.92 Å². The zero-order valence-corrected chi connectivity index (χ0v) is 13.3. The number of rotatable bonds is 4. The lowest BCUT2D eigenvalue weighted by Crippen LogP contribution is -2.51. The molecule has 0 radical (unpaired) electrons. The lowest BCUT2D eigenvalue weighted by molar-refractivity contribution is 0.0240. The van der Waals surface area contributed by atoms with E-state index in [1.165, 1.54) is 6.07 Å². The van der Waals surface area contributed by atoms with E-state index in [0.29, 0.717) is 11.3 Å². The van der Waals surface area contributed by atoms with Crippen LogP contribution in [-0.2, 0) is 10.0 Å². The summed E-state index contributed by atoms with van der Waals surface area (Å²) in [6, 6.07) is 2.95. The van der Waals surface area contributed by atoms with Crippen LogP contribution in [0.15, 0.2) is 17.0 Å². The maximum absolute atomic E-state index is 11.6. The number of nitrogens with one attached hydrogen (secondary N) is 1. The number of benzene rings is 1. The summed E-state index contributed by atoms with van der Waals surface area (Å²) >= 11 is 0. The van der Waals surface area contributed by atoms with E-state index in [2.05, 4.69) is 5.32 Å². The maximum Gasteiger partial charge on any atom is 0.238 e. The Labute approximate surface area is 120 Å². The molecule has 1 aromatic carbocycles. The minimum absolute atomic E-state index is 0.0217. The summed E-state index contributed by atoms with van der Waals surface area (Å²) in [4.78, 5) is -0.0217. The third-order valence-electron chi connectivity index (χ3n) is 3.67. The van der Waals surface area contributed by atoms with Crippen LogP contribution >= 0.6 is 0 Å². The van der Waals surface area contributed by atoms with E-state index in [1.807, 2.05) is 13.8 Å². The van der Waals surface area contributed by atoms with Gasteiger partial charge in [0.1, 0.15) is 0 Å². The number of aliphatic hydroxyl groups is 1. The van der Waals surface area contributed by atoms with Crippen LogP contribution in [0.4, 0.5) is 11.4 Å². The molecule has 6 nitrogen and oxygen atoms in total. The second kappa shape index (κ2) is 4.91. The number of hydrogen-bond acceptors (Lipinski definition) is 5. The highest BCUT2D eigenvalue weighted by atomic mass is 32.2. The molecule has 7 heteroatoms. The van der Waals surface area contributed by atoms with Crippen LogP contribution in [0.1, 0.15) is 33.3 Å². The molecule has 1 aromatic rings. The molecule has 114 valence electrons. The van der Waals surface area contributed by atoms with Gasteiger partial charge in [0.15, 0.2) is 0 Å². The number of hydrogen-bond donors (Lipinski definition) is 4. The summed E-state index contributed by atoms with van der Waals surface area (Å²) in [7, 11) is -3.85. The molecule has 0 fully saturated rings. The normalized spacial score (nSPS) is 13.3. The standard InChI is InChI=1S/C13H23N3O3S/c1-8-10(16-12(2,3)13(4,5)17)6-9(14)7-11(8)20(15,18)19/h6-7,16-17H,14H2,1-5H3,(H2,15,18,19). The van der Waals surface area contributed by atoms with Crippen LogP contribution < -0.4 is 16.2 Å². The van der Waals surface area contributed by atoms with Gasteiger partial charge in [0, 0.05) is 11.4 Å². The molecular weight excluding hydrogens is 278 g/mol. The second-order valence-corrected chi connectivity index (χ2v) is 7.58. The van der Waals surface area contributed by atoms with Crippen molar-refractivity contribution in [2.45, 2.75) is 50.7 Å². The molecule has 0 unspecified atom stereocenters. The highest BCUT2D eigenvalue weighted by Crippen LogP contribution is 2.31. The molecule has 0 amide bonds. The molecule has 0 saturated heterocycles. The average Bonchev–Trinajstić information content (AvgIpc) is 2.19. The van der Waals surface area contributed by atoms with E-state index in [0.717, 1.165) is 0 Å². The Morgan fingerprint density at radius 3 is 2.10 bits per heavy atom. The van der Waals surface area contributed by atoms with E-state index < -0.39 is 21.2 Å². The van der Waals surface area contributed by atoms with Gasteiger partial charge >= 0.3 is 0 Å². The molecule has 0 aliphatic carbocycles. The van der Waals surface area contributed by atoms with Gasteiger partial charge in [-0.3, -0.25) is 0 Å². The zero-order valence-electron chi connectivity index (χ0n) is 12.5. The molecule has 1 rings (SSSR count). The third kappa shape index (κ3) is 3.41. The molecule has 0 bridgehead atoms. The largest absolute Gasteiger partial charge is 0.399 e. The van der Waals surface area contributed by atoms with Crippen LogP contribution in [-0.4, -0.2) is 24.7 Å². The van der Waals surface area contributed by atoms with Crippen LogP contribution in [0.2, 0.25) is 0 Å². The average molecular weight is 301 g/mol. The number of nitrogens with two attached hydrogens (primary N) is 2. The van der Waals surface area contributed by atoms with Crippen molar-refractivity contribution in [2.75, 3.05) is 11.1 Å². The zero-order chi connectivity index (χ0) is 15.9. The van der Waals surface area contributed by atoms with Gasteiger partial charge < -0.3 is 16.2 Å². The van der Waals surface area contributed by atoms with Crippen molar-refractivity contribution in [1.82, 2.24) is 0 Å². The van der Waals surface area contributed by atoms with Gasteiger partial charge in [-0.05, 0) is 52.3 Å². The fourth-order valence-electron chi connectivity index (χ4n) is 1.62. The molecule has 6 N–H and O–H groups in total. The minimum atomic E-state index is -3.85. The lowest BCUT2D eigenvalue weighted by Gasteiger charge is -2.39. The first kappa shape index (κ1) is 16.7. The van der Waals surface area contributed by atoms with Gasteiger partial charge in [-0.25, -0.2) is 13.6 Å². The molecule has 0 heterocycles. The minimum Gasteiger partial charge on any atom is -0.399 e. The summed E-state index contributed by atoms with van der Waals surface area (Å²) in [5.74, 6) is 0. The summed E-state index contributed by atoms with van der Waals surface area (Å²) < 4.78 is 23.1. The predicted molar refractivity (Wildman–Crippen MR) is 81.0 cm³/mol. The Morgan fingerprint density at radius 2 is 1.70 bits per heavy atom. The maximum atomic E-state index is 11.6. The summed E-state index contributed by atoms with van der Waals surface area (Å²) in [6.07, 6.45) is 0. The fraction of sp³-hybridized carbons (Fsp3) is 0.538. The van der Waals surface area contributed by atoms with Crippen molar-refractivity contribution in [3.05, 3.63) is 17.7 Å². The Kier molecular flexibility index (Phi) is 4.11. The van der Waals surface area contributed by atoms with Gasteiger partial charge in [-0.15, -0.1) is 0 Å². The Morgan fingerprint density at radius 1 is 1.20 bits per heavy atom. The second-order valence-electron chi connectivity index (χ2n) is 6.05. The summed E-state index contributed by atoms with van der Waals surface area (Å²) in [5.41, 5.74) is 5.30. The molecule has 0 saturated carbocycles. The lowest BCUT2D eigenvalue weighted by atomic mass is 9.85. The molecule has 0 aliphatic heterocycles. The van der Waals surface area contributed by atoms with E-state index in [-0.39, 0.29) is 10.6 Å². The quantitative estimate of drug-likeness (QED) is 0.623. The van der Waals surface area contributed by atoms with Crippen molar-refractivity contribution in [3.63, 3.8) is 0 Å². The smallest absolute Gasteiger partial charge is 0.238 e. The van der Waals surface area contributed by atoms with E-state index in [1.54, 1.807) is 26.8 Å². The molecule has 0 spiro atoms. The Hall–Kier alpha value is -1.31. The van der Waals surface area contributed by atoms with Gasteiger partial charge in [0.2, 0.25) is 10.0 Å². The van der Waals surface area contributed by atoms with Crippen molar-refractivity contribution in [3.8, 4) is 0 Å². The summed E-state index contributed by atoms with van der Waals surface area (Å²) in [6.45, 7) is 8.60. The number of nitrogen functional groups attached to an aromatic ring is 1. The van der Waals surface area contributed by atoms with Crippen LogP contribution in [0.25, 0.3) is 0 Å². The van der Waals surface area contributed by atoms with Gasteiger partial charge in [0.05, 0.1) is 16.0 Å². The molecule has 0 atom stereocenters. The number of sulfonamides is 1. The molecule has 0 aromatic heterocycles. The highest BCUT2D eigenvalue weighted by Gasteiger charge is 2.35. The van der Waals surface area contributed by atoms with E-state index in [9.17, 15) is 13.5 Å². The topological polar surface area (TPSA) is 118 Å². The molecule has 0 aliphatic rings. The van der Waals surface area contributed by atoms with Crippen LogP contribution in [0.3, 0.4) is 0 Å². The van der Waals surface area contributed by atoms with Crippen LogP contribution in [0.5, 0.6) is 0 Å². The van der Waals surface area contributed by atoms with Gasteiger partial charge in [-0.2, -0.15) is 0 Å². The first-order valence-electron chi connectivity index (χ1n) is 6.19. The molecule has 20 heavy (non-hydrogen) atoms. The highest BCUT2D eigenvalue weighted by molar-refractivity contribution is 7.89. The fourth-order valence-corrected chi connectivity index (χ4v) is 2.46. The predicted octanol–water partition coefficient (Wildman–Crippen LogP) is 1.19. The van der Waals surface area contributed by atoms with Crippen molar-refractivity contribution in [2.24, 2.45) is 5.14 Å².